The van der Waals surface area contributed by atoms with Crippen molar-refractivity contribution >= 4 is 29.0 Å². The number of anilines is 2. The van der Waals surface area contributed by atoms with Crippen LogP contribution in [0.15, 0.2) is 66.9 Å². The van der Waals surface area contributed by atoms with E-state index in [-0.39, 0.29) is 5.91 Å². The third-order valence-corrected chi connectivity index (χ3v) is 4.19. The number of rotatable bonds is 6. The van der Waals surface area contributed by atoms with Gasteiger partial charge in [-0.1, -0.05) is 35.9 Å². The van der Waals surface area contributed by atoms with E-state index in [4.69, 9.17) is 11.6 Å². The molecule has 1 amide bonds. The number of pyridine rings is 1. The molecule has 5 heteroatoms. The Balaban J connectivity index is 1.52. The van der Waals surface area contributed by atoms with Crippen LogP contribution in [0.2, 0.25) is 5.02 Å². The van der Waals surface area contributed by atoms with Gasteiger partial charge >= 0.3 is 0 Å². The number of carbonyl (C=O) groups excluding carboxylic acids is 1. The molecule has 0 unspecified atom stereocenters. The first kappa shape index (κ1) is 18.0. The van der Waals surface area contributed by atoms with Crippen molar-refractivity contribution in [2.24, 2.45) is 0 Å². The second-order valence-electron chi connectivity index (χ2n) is 6.06. The molecule has 1 heterocycles. The van der Waals surface area contributed by atoms with Gasteiger partial charge in [-0.3, -0.25) is 4.79 Å². The van der Waals surface area contributed by atoms with Crippen molar-refractivity contribution in [2.45, 2.75) is 13.3 Å². The zero-order valence-corrected chi connectivity index (χ0v) is 15.3. The van der Waals surface area contributed by atoms with E-state index in [1.54, 1.807) is 12.3 Å². The molecule has 3 aromatic rings. The molecule has 0 aliphatic heterocycles. The van der Waals surface area contributed by atoms with E-state index in [2.05, 4.69) is 15.6 Å². The molecule has 0 bridgehead atoms. The number of nitrogens with one attached hydrogen (secondary N) is 2. The highest BCUT2D eigenvalue weighted by Crippen LogP contribution is 2.13. The molecular weight excluding hydrogens is 346 g/mol. The molecule has 0 aliphatic carbocycles. The lowest BCUT2D eigenvalue weighted by Crippen LogP contribution is -2.13. The van der Waals surface area contributed by atoms with Crippen molar-refractivity contribution in [3.63, 3.8) is 0 Å². The summed E-state index contributed by atoms with van der Waals surface area (Å²) >= 11 is 5.88. The minimum Gasteiger partial charge on any atom is -0.370 e. The number of aryl methyl sites for hydroxylation is 1. The number of nitrogens with zero attached hydrogens (tertiary/aromatic N) is 1. The van der Waals surface area contributed by atoms with Gasteiger partial charge in [0, 0.05) is 23.5 Å². The summed E-state index contributed by atoms with van der Waals surface area (Å²) in [5, 5.41) is 6.87. The zero-order valence-electron chi connectivity index (χ0n) is 14.5. The number of benzene rings is 2. The van der Waals surface area contributed by atoms with Gasteiger partial charge in [0.25, 0.3) is 5.91 Å². The van der Waals surface area contributed by atoms with Crippen molar-refractivity contribution in [3.8, 4) is 0 Å². The molecule has 0 spiro atoms. The molecule has 0 fully saturated rings. The van der Waals surface area contributed by atoms with Crippen LogP contribution in [0.1, 0.15) is 21.5 Å². The minimum absolute atomic E-state index is 0.171. The second-order valence-corrected chi connectivity index (χ2v) is 6.50. The van der Waals surface area contributed by atoms with Crippen molar-refractivity contribution in [2.75, 3.05) is 17.2 Å². The third-order valence-electron chi connectivity index (χ3n) is 3.93. The summed E-state index contributed by atoms with van der Waals surface area (Å²) in [7, 11) is 0. The van der Waals surface area contributed by atoms with Crippen molar-refractivity contribution in [3.05, 3.63) is 88.6 Å². The summed E-state index contributed by atoms with van der Waals surface area (Å²) in [6, 6.07) is 19.1. The molecule has 0 atom stereocenters. The van der Waals surface area contributed by atoms with E-state index in [9.17, 15) is 4.79 Å². The lowest BCUT2D eigenvalue weighted by atomic mass is 10.1. The zero-order chi connectivity index (χ0) is 18.4. The van der Waals surface area contributed by atoms with Crippen LogP contribution in [0.25, 0.3) is 0 Å². The summed E-state index contributed by atoms with van der Waals surface area (Å²) < 4.78 is 0. The van der Waals surface area contributed by atoms with Crippen LogP contribution in [0.4, 0.5) is 11.5 Å². The predicted octanol–water partition coefficient (Wildman–Crippen LogP) is 4.95. The smallest absolute Gasteiger partial charge is 0.257 e. The van der Waals surface area contributed by atoms with Gasteiger partial charge < -0.3 is 10.6 Å². The monoisotopic (exact) mass is 365 g/mol. The summed E-state index contributed by atoms with van der Waals surface area (Å²) in [6.45, 7) is 2.74. The standard InChI is InChI=1S/C21H20ClN3O/c1-15-3-2-4-19(13-15)25-21(26)17-7-10-20(24-14-17)23-12-11-16-5-8-18(22)9-6-16/h2-10,13-14H,11-12H2,1H3,(H,23,24)(H,25,26). The molecule has 26 heavy (non-hydrogen) atoms. The number of halogens is 1. The number of hydrogen-bond donors (Lipinski definition) is 2. The van der Waals surface area contributed by atoms with Crippen molar-refractivity contribution in [1.82, 2.24) is 4.98 Å². The summed E-state index contributed by atoms with van der Waals surface area (Å²) in [5.41, 5.74) is 3.60. The van der Waals surface area contributed by atoms with Crippen LogP contribution in [0.3, 0.4) is 0 Å². The summed E-state index contributed by atoms with van der Waals surface area (Å²) in [5.74, 6) is 0.571. The number of aromatic nitrogens is 1. The predicted molar refractivity (Wildman–Crippen MR) is 107 cm³/mol. The molecule has 0 aliphatic rings. The SMILES string of the molecule is Cc1cccc(NC(=O)c2ccc(NCCc3ccc(Cl)cc3)nc2)c1. The van der Waals surface area contributed by atoms with Gasteiger partial charge in [0.1, 0.15) is 5.82 Å². The number of carbonyl (C=O) groups is 1. The normalized spacial score (nSPS) is 10.4. The summed E-state index contributed by atoms with van der Waals surface area (Å²) in [6.07, 6.45) is 2.45. The molecule has 2 aromatic carbocycles. The van der Waals surface area contributed by atoms with Crippen LogP contribution in [0, 0.1) is 6.92 Å². The van der Waals surface area contributed by atoms with Crippen molar-refractivity contribution < 1.29 is 4.79 Å². The summed E-state index contributed by atoms with van der Waals surface area (Å²) in [4.78, 5) is 16.6. The fourth-order valence-corrected chi connectivity index (χ4v) is 2.67. The fourth-order valence-electron chi connectivity index (χ4n) is 2.54. The highest BCUT2D eigenvalue weighted by molar-refractivity contribution is 6.30. The highest BCUT2D eigenvalue weighted by Gasteiger charge is 2.07. The first-order valence-corrected chi connectivity index (χ1v) is 8.80. The molecule has 0 saturated heterocycles. The van der Waals surface area contributed by atoms with E-state index in [1.807, 2.05) is 61.5 Å². The molecular formula is C21H20ClN3O. The van der Waals surface area contributed by atoms with Gasteiger partial charge in [0.2, 0.25) is 0 Å². The minimum atomic E-state index is -0.171. The first-order valence-electron chi connectivity index (χ1n) is 8.42. The third kappa shape index (κ3) is 5.07. The Bertz CT molecular complexity index is 877. The lowest BCUT2D eigenvalue weighted by molar-refractivity contribution is 0.102. The van der Waals surface area contributed by atoms with E-state index in [0.29, 0.717) is 5.56 Å². The average Bonchev–Trinajstić information content (AvgIpc) is 2.64. The van der Waals surface area contributed by atoms with E-state index >= 15 is 0 Å². The Hall–Kier alpha value is -2.85. The molecule has 4 nitrogen and oxygen atoms in total. The number of hydrogen-bond acceptors (Lipinski definition) is 3. The van der Waals surface area contributed by atoms with Gasteiger partial charge in [-0.05, 0) is 60.9 Å². The molecule has 0 radical (unpaired) electrons. The quantitative estimate of drug-likeness (QED) is 0.649. The van der Waals surface area contributed by atoms with Gasteiger partial charge in [-0.25, -0.2) is 4.98 Å². The Kier molecular flexibility index (Phi) is 5.87. The lowest BCUT2D eigenvalue weighted by Gasteiger charge is -2.08. The molecule has 3 rings (SSSR count). The van der Waals surface area contributed by atoms with Crippen LogP contribution in [-0.4, -0.2) is 17.4 Å². The van der Waals surface area contributed by atoms with Gasteiger partial charge in [0.05, 0.1) is 5.56 Å². The van der Waals surface area contributed by atoms with Crippen LogP contribution < -0.4 is 10.6 Å². The Morgan fingerprint density at radius 2 is 1.88 bits per heavy atom. The van der Waals surface area contributed by atoms with E-state index in [0.717, 1.165) is 35.1 Å². The van der Waals surface area contributed by atoms with E-state index < -0.39 is 0 Å². The molecule has 2 N–H and O–H groups in total. The van der Waals surface area contributed by atoms with Crippen LogP contribution >= 0.6 is 11.6 Å². The Morgan fingerprint density at radius 1 is 1.08 bits per heavy atom. The first-order chi connectivity index (χ1) is 12.6. The van der Waals surface area contributed by atoms with Crippen LogP contribution in [-0.2, 0) is 6.42 Å². The second kappa shape index (κ2) is 8.50. The number of amides is 1. The fraction of sp³-hybridized carbons (Fsp3) is 0.143. The largest absolute Gasteiger partial charge is 0.370 e. The highest BCUT2D eigenvalue weighted by atomic mass is 35.5. The van der Waals surface area contributed by atoms with Gasteiger partial charge in [-0.2, -0.15) is 0 Å². The Morgan fingerprint density at radius 3 is 2.58 bits per heavy atom. The van der Waals surface area contributed by atoms with Crippen molar-refractivity contribution in [1.29, 1.82) is 0 Å². The maximum absolute atomic E-state index is 12.3. The van der Waals surface area contributed by atoms with Crippen LogP contribution in [0.5, 0.6) is 0 Å². The maximum Gasteiger partial charge on any atom is 0.257 e. The molecule has 132 valence electrons. The van der Waals surface area contributed by atoms with E-state index in [1.165, 1.54) is 5.56 Å². The Labute approximate surface area is 158 Å². The average molecular weight is 366 g/mol. The van der Waals surface area contributed by atoms with Gasteiger partial charge in [0.15, 0.2) is 0 Å². The molecule has 0 saturated carbocycles. The maximum atomic E-state index is 12.3. The topological polar surface area (TPSA) is 54.0 Å². The van der Waals surface area contributed by atoms with Gasteiger partial charge in [-0.15, -0.1) is 0 Å². The molecule has 1 aromatic heterocycles.